The van der Waals surface area contributed by atoms with E-state index >= 15 is 0 Å². The van der Waals surface area contributed by atoms with Crippen molar-refractivity contribution in [2.75, 3.05) is 19.9 Å². The SMILES string of the molecule is COC(=O)[C@@H]1C[C@@H](OS(C)(=O)=O)CN1C(=O)c1ccccc1N=[N+]=[N-]. The Morgan fingerprint density at radius 3 is 2.64 bits per heavy atom. The quantitative estimate of drug-likeness (QED) is 0.253. The zero-order valence-electron chi connectivity index (χ0n) is 13.5. The van der Waals surface area contributed by atoms with E-state index in [0.29, 0.717) is 0 Å². The summed E-state index contributed by atoms with van der Waals surface area (Å²) in [7, 11) is -2.58. The number of rotatable bonds is 5. The molecule has 134 valence electrons. The van der Waals surface area contributed by atoms with Gasteiger partial charge in [-0.3, -0.25) is 8.98 Å². The van der Waals surface area contributed by atoms with E-state index in [1.54, 1.807) is 12.1 Å². The number of carbonyl (C=O) groups is 2. The van der Waals surface area contributed by atoms with Gasteiger partial charge in [-0.25, -0.2) is 4.79 Å². The van der Waals surface area contributed by atoms with Crippen LogP contribution in [0.3, 0.4) is 0 Å². The highest BCUT2D eigenvalue weighted by Crippen LogP contribution is 2.28. The maximum Gasteiger partial charge on any atom is 0.328 e. The van der Waals surface area contributed by atoms with Crippen molar-refractivity contribution in [1.29, 1.82) is 0 Å². The standard InChI is InChI=1S/C14H16N4O6S/c1-23-14(20)12-7-9(24-25(2,21)22)8-18(12)13(19)10-5-3-4-6-11(10)16-17-15/h3-6,9,12H,7-8H2,1-2H3/t9-,12+/m1/s1. The summed E-state index contributed by atoms with van der Waals surface area (Å²) >= 11 is 0. The first-order valence-corrected chi connectivity index (χ1v) is 8.99. The van der Waals surface area contributed by atoms with E-state index in [2.05, 4.69) is 14.8 Å². The lowest BCUT2D eigenvalue weighted by molar-refractivity contribution is -0.145. The number of hydrogen-bond donors (Lipinski definition) is 0. The van der Waals surface area contributed by atoms with Gasteiger partial charge in [0.2, 0.25) is 0 Å². The molecule has 25 heavy (non-hydrogen) atoms. The molecule has 11 heteroatoms. The molecule has 10 nitrogen and oxygen atoms in total. The van der Waals surface area contributed by atoms with Gasteiger partial charge in [0, 0.05) is 23.4 Å². The first-order valence-electron chi connectivity index (χ1n) is 7.18. The molecule has 0 aliphatic carbocycles. The van der Waals surface area contributed by atoms with E-state index < -0.39 is 34.1 Å². The van der Waals surface area contributed by atoms with Crippen LogP contribution in [0.2, 0.25) is 0 Å². The average molecular weight is 368 g/mol. The molecule has 1 amide bonds. The minimum Gasteiger partial charge on any atom is -0.467 e. The van der Waals surface area contributed by atoms with Gasteiger partial charge in [0.1, 0.15) is 6.04 Å². The number of benzene rings is 1. The lowest BCUT2D eigenvalue weighted by atomic mass is 10.1. The van der Waals surface area contributed by atoms with E-state index in [-0.39, 0.29) is 24.2 Å². The second-order valence-electron chi connectivity index (χ2n) is 5.36. The fourth-order valence-electron chi connectivity index (χ4n) is 2.64. The number of nitrogens with zero attached hydrogens (tertiary/aromatic N) is 4. The van der Waals surface area contributed by atoms with Gasteiger partial charge in [-0.15, -0.1) is 0 Å². The first-order chi connectivity index (χ1) is 11.8. The van der Waals surface area contributed by atoms with Gasteiger partial charge < -0.3 is 9.64 Å². The van der Waals surface area contributed by atoms with E-state index in [1.807, 2.05) is 0 Å². The maximum absolute atomic E-state index is 12.8. The van der Waals surface area contributed by atoms with Gasteiger partial charge in [-0.05, 0) is 11.6 Å². The topological polar surface area (TPSA) is 139 Å². The van der Waals surface area contributed by atoms with Crippen LogP contribution in [0.5, 0.6) is 0 Å². The zero-order chi connectivity index (χ0) is 18.6. The van der Waals surface area contributed by atoms with E-state index in [1.165, 1.54) is 19.2 Å². The van der Waals surface area contributed by atoms with Gasteiger partial charge in [0.25, 0.3) is 16.0 Å². The summed E-state index contributed by atoms with van der Waals surface area (Å²) in [4.78, 5) is 28.6. The summed E-state index contributed by atoms with van der Waals surface area (Å²) < 4.78 is 32.2. The van der Waals surface area contributed by atoms with E-state index in [0.717, 1.165) is 11.2 Å². The highest BCUT2D eigenvalue weighted by Gasteiger charge is 2.42. The van der Waals surface area contributed by atoms with Crippen molar-refractivity contribution in [1.82, 2.24) is 4.90 Å². The van der Waals surface area contributed by atoms with Gasteiger partial charge in [-0.2, -0.15) is 8.42 Å². The van der Waals surface area contributed by atoms with Gasteiger partial charge in [0.15, 0.2) is 0 Å². The van der Waals surface area contributed by atoms with Gasteiger partial charge >= 0.3 is 5.97 Å². The fraction of sp³-hybridized carbons (Fsp3) is 0.429. The molecule has 0 aromatic heterocycles. The lowest BCUT2D eigenvalue weighted by Crippen LogP contribution is -2.41. The third-order valence-corrected chi connectivity index (χ3v) is 4.22. The van der Waals surface area contributed by atoms with Crippen molar-refractivity contribution in [3.63, 3.8) is 0 Å². The summed E-state index contributed by atoms with van der Waals surface area (Å²) in [5.41, 5.74) is 8.81. The van der Waals surface area contributed by atoms with Crippen LogP contribution in [0.1, 0.15) is 16.8 Å². The van der Waals surface area contributed by atoms with Crippen LogP contribution in [0.15, 0.2) is 29.4 Å². The smallest absolute Gasteiger partial charge is 0.328 e. The predicted octanol–water partition coefficient (Wildman–Crippen LogP) is 1.36. The van der Waals surface area contributed by atoms with Crippen LogP contribution in [-0.2, 0) is 23.8 Å². The van der Waals surface area contributed by atoms with Crippen LogP contribution >= 0.6 is 0 Å². The number of methoxy groups -OCH3 is 1. The number of likely N-dealkylation sites (tertiary alicyclic amines) is 1. The predicted molar refractivity (Wildman–Crippen MR) is 86.4 cm³/mol. The Labute approximate surface area is 144 Å². The number of hydrogen-bond acceptors (Lipinski definition) is 7. The molecule has 0 N–H and O–H groups in total. The van der Waals surface area contributed by atoms with E-state index in [9.17, 15) is 18.0 Å². The summed E-state index contributed by atoms with van der Waals surface area (Å²) in [5.74, 6) is -1.27. The Kier molecular flexibility index (Phi) is 5.62. The second-order valence-corrected chi connectivity index (χ2v) is 6.96. The molecule has 0 saturated carbocycles. The monoisotopic (exact) mass is 368 g/mol. The minimum absolute atomic E-state index is 0.0187. The number of amides is 1. The third-order valence-electron chi connectivity index (χ3n) is 3.59. The second kappa shape index (κ2) is 7.51. The minimum atomic E-state index is -3.75. The van der Waals surface area contributed by atoms with Gasteiger partial charge in [0.05, 0.1) is 25.2 Å². The Morgan fingerprint density at radius 2 is 2.04 bits per heavy atom. The average Bonchev–Trinajstić information content (AvgIpc) is 2.96. The van der Waals surface area contributed by atoms with Gasteiger partial charge in [-0.1, -0.05) is 23.3 Å². The van der Waals surface area contributed by atoms with Crippen LogP contribution < -0.4 is 0 Å². The third kappa shape index (κ3) is 4.47. The number of azide groups is 1. The van der Waals surface area contributed by atoms with E-state index in [4.69, 9.17) is 9.71 Å². The molecule has 0 radical (unpaired) electrons. The van der Waals surface area contributed by atoms with Crippen molar-refractivity contribution in [3.8, 4) is 0 Å². The highest BCUT2D eigenvalue weighted by molar-refractivity contribution is 7.86. The lowest BCUT2D eigenvalue weighted by Gasteiger charge is -2.23. The molecule has 0 bridgehead atoms. The van der Waals surface area contributed by atoms with Crippen molar-refractivity contribution >= 4 is 27.7 Å². The van der Waals surface area contributed by atoms with Crippen LogP contribution in [-0.4, -0.2) is 57.3 Å². The fourth-order valence-corrected chi connectivity index (χ4v) is 3.28. The zero-order valence-corrected chi connectivity index (χ0v) is 14.3. The van der Waals surface area contributed by atoms with Crippen molar-refractivity contribution < 1.29 is 26.9 Å². The molecule has 1 fully saturated rings. The molecular weight excluding hydrogens is 352 g/mol. The summed E-state index contributed by atoms with van der Waals surface area (Å²) in [6.45, 7) is -0.115. The molecule has 1 saturated heterocycles. The summed E-state index contributed by atoms with van der Waals surface area (Å²) in [6.07, 6.45) is 0.00572. The van der Waals surface area contributed by atoms with Crippen LogP contribution in [0.4, 0.5) is 5.69 Å². The summed E-state index contributed by atoms with van der Waals surface area (Å²) in [6, 6.07) is 5.09. The highest BCUT2D eigenvalue weighted by atomic mass is 32.2. The molecule has 1 aromatic carbocycles. The Balaban J connectivity index is 2.35. The molecule has 1 aromatic rings. The Bertz CT molecular complexity index is 833. The van der Waals surface area contributed by atoms with Crippen molar-refractivity contribution in [2.45, 2.75) is 18.6 Å². The number of esters is 1. The largest absolute Gasteiger partial charge is 0.467 e. The number of carbonyl (C=O) groups excluding carboxylic acids is 2. The molecule has 2 atom stereocenters. The van der Waals surface area contributed by atoms with Crippen molar-refractivity contribution in [2.24, 2.45) is 5.11 Å². The molecule has 1 aliphatic rings. The molecule has 2 rings (SSSR count). The first kappa shape index (κ1) is 18.7. The number of ether oxygens (including phenoxy) is 1. The van der Waals surface area contributed by atoms with Crippen LogP contribution in [0, 0.1) is 0 Å². The molecule has 1 aliphatic heterocycles. The summed E-state index contributed by atoms with van der Waals surface area (Å²) in [5, 5.41) is 3.46. The Morgan fingerprint density at radius 1 is 1.36 bits per heavy atom. The Hall–Kier alpha value is -2.62. The maximum atomic E-state index is 12.8. The normalized spacial score (nSPS) is 20.0. The molecule has 0 spiro atoms. The van der Waals surface area contributed by atoms with Crippen molar-refractivity contribution in [3.05, 3.63) is 40.3 Å². The van der Waals surface area contributed by atoms with Crippen LogP contribution in [0.25, 0.3) is 10.4 Å². The molecular formula is C14H16N4O6S. The molecule has 0 unspecified atom stereocenters. The molecule has 1 heterocycles.